The number of piperidine rings is 1. The Kier molecular flexibility index (Phi) is 9.00. The van der Waals surface area contributed by atoms with Gasteiger partial charge in [0.05, 0.1) is 38.6 Å². The van der Waals surface area contributed by atoms with Gasteiger partial charge in [-0.1, -0.05) is 32.9 Å². The van der Waals surface area contributed by atoms with Gasteiger partial charge in [0.25, 0.3) is 0 Å². The zero-order valence-corrected chi connectivity index (χ0v) is 22.1. The highest BCUT2D eigenvalue weighted by Crippen LogP contribution is 2.38. The Bertz CT molecular complexity index is 924. The number of nitrogens with zero attached hydrogens (tertiary/aromatic N) is 2. The lowest BCUT2D eigenvalue weighted by molar-refractivity contribution is -0.220. The first-order valence-corrected chi connectivity index (χ1v) is 12.4. The minimum atomic E-state index is -4.77. The van der Waals surface area contributed by atoms with Gasteiger partial charge in [-0.05, 0) is 37.0 Å². The first-order valence-electron chi connectivity index (χ1n) is 12.4. The van der Waals surface area contributed by atoms with E-state index in [-0.39, 0.29) is 31.6 Å². The lowest BCUT2D eigenvalue weighted by atomic mass is 9.86. The summed E-state index contributed by atoms with van der Waals surface area (Å²) in [5.74, 6) is 0.643. The van der Waals surface area contributed by atoms with Gasteiger partial charge in [-0.25, -0.2) is 4.79 Å². The molecule has 2 heterocycles. The number of methoxy groups -OCH3 is 1. The molecule has 0 radical (unpaired) electrons. The molecule has 37 heavy (non-hydrogen) atoms. The van der Waals surface area contributed by atoms with E-state index in [1.807, 2.05) is 20.8 Å². The van der Waals surface area contributed by atoms with Crippen LogP contribution in [0.2, 0.25) is 0 Å². The molecule has 3 rings (SSSR count). The van der Waals surface area contributed by atoms with E-state index >= 15 is 0 Å². The molecular weight excluding hydrogens is 493 g/mol. The maximum atomic E-state index is 13.5. The molecule has 0 aliphatic carbocycles. The van der Waals surface area contributed by atoms with Crippen LogP contribution < -0.4 is 4.74 Å². The summed E-state index contributed by atoms with van der Waals surface area (Å²) >= 11 is 0. The van der Waals surface area contributed by atoms with Gasteiger partial charge in [0.1, 0.15) is 5.75 Å². The number of hydrogen-bond acceptors (Lipinski definition) is 6. The van der Waals surface area contributed by atoms with Crippen LogP contribution in [0, 0.1) is 5.41 Å². The largest absolute Gasteiger partial charge is 0.497 e. The first-order chi connectivity index (χ1) is 17.2. The van der Waals surface area contributed by atoms with E-state index in [1.165, 1.54) is 12.0 Å². The van der Waals surface area contributed by atoms with Crippen LogP contribution in [-0.4, -0.2) is 86.2 Å². The summed E-state index contributed by atoms with van der Waals surface area (Å²) in [5, 5.41) is 0. The monoisotopic (exact) mass is 530 g/mol. The zero-order valence-electron chi connectivity index (χ0n) is 22.1. The smallest absolute Gasteiger partial charge is 0.427 e. The minimum absolute atomic E-state index is 0.0200. The predicted molar refractivity (Wildman–Crippen MR) is 129 cm³/mol. The molecule has 8 nitrogen and oxygen atoms in total. The Morgan fingerprint density at radius 1 is 1.16 bits per heavy atom. The standard InChI is InChI=1S/C26H37F3N2O6/c1-24(2,3)22(32)30(4)19-14-25(36-16-19)10-12-31(13-11-25)23(33)37-21(26(27,28)29)17-35-15-18-6-8-20(34-5)9-7-18/h6-9,19,21H,10-17H2,1-5H3/t19-,21-/m1/s1. The normalized spacial score (nSPS) is 20.5. The summed E-state index contributed by atoms with van der Waals surface area (Å²) in [6.45, 7) is 5.52. The quantitative estimate of drug-likeness (QED) is 0.520. The number of benzene rings is 1. The van der Waals surface area contributed by atoms with E-state index in [0.717, 1.165) is 0 Å². The fourth-order valence-corrected chi connectivity index (χ4v) is 4.61. The number of carbonyl (C=O) groups is 2. The van der Waals surface area contributed by atoms with E-state index in [1.54, 1.807) is 36.2 Å². The summed E-state index contributed by atoms with van der Waals surface area (Å²) < 4.78 is 61.8. The van der Waals surface area contributed by atoms with E-state index < -0.39 is 36.0 Å². The van der Waals surface area contributed by atoms with Crippen molar-refractivity contribution in [1.29, 1.82) is 0 Å². The Balaban J connectivity index is 1.49. The molecule has 2 aliphatic rings. The molecular formula is C26H37F3N2O6. The topological polar surface area (TPSA) is 77.5 Å². The molecule has 1 aromatic carbocycles. The molecule has 0 unspecified atom stereocenters. The first kappa shape index (κ1) is 29.0. The van der Waals surface area contributed by atoms with E-state index in [2.05, 4.69) is 0 Å². The molecule has 0 N–H and O–H groups in total. The average Bonchev–Trinajstić information content (AvgIpc) is 3.25. The summed E-state index contributed by atoms with van der Waals surface area (Å²) in [4.78, 5) is 28.2. The Morgan fingerprint density at radius 2 is 1.78 bits per heavy atom. The van der Waals surface area contributed by atoms with Crippen molar-refractivity contribution in [3.63, 3.8) is 0 Å². The second-order valence-corrected chi connectivity index (χ2v) is 10.8. The van der Waals surface area contributed by atoms with Crippen molar-refractivity contribution < 1.29 is 41.7 Å². The highest BCUT2D eigenvalue weighted by molar-refractivity contribution is 5.81. The maximum Gasteiger partial charge on any atom is 0.427 e. The number of ether oxygens (including phenoxy) is 4. The van der Waals surface area contributed by atoms with Crippen LogP contribution in [-0.2, 0) is 25.6 Å². The van der Waals surface area contributed by atoms with Crippen molar-refractivity contribution in [2.45, 2.75) is 70.6 Å². The summed E-state index contributed by atoms with van der Waals surface area (Å²) in [6.07, 6.45) is -6.63. The van der Waals surface area contributed by atoms with Gasteiger partial charge in [-0.2, -0.15) is 13.2 Å². The molecule has 2 amide bonds. The van der Waals surface area contributed by atoms with Crippen molar-refractivity contribution in [3.05, 3.63) is 29.8 Å². The molecule has 2 fully saturated rings. The van der Waals surface area contributed by atoms with Crippen LogP contribution >= 0.6 is 0 Å². The molecule has 1 spiro atoms. The third kappa shape index (κ3) is 7.50. The number of rotatable bonds is 7. The molecule has 0 aromatic heterocycles. The number of halogens is 3. The van der Waals surface area contributed by atoms with E-state index in [4.69, 9.17) is 18.9 Å². The third-order valence-corrected chi connectivity index (χ3v) is 6.94. The molecule has 1 aromatic rings. The molecule has 0 saturated carbocycles. The van der Waals surface area contributed by atoms with E-state index in [9.17, 15) is 22.8 Å². The fraction of sp³-hybridized carbons (Fsp3) is 0.692. The number of hydrogen-bond donors (Lipinski definition) is 0. The van der Waals surface area contributed by atoms with Crippen molar-refractivity contribution in [1.82, 2.24) is 9.80 Å². The molecule has 2 atom stereocenters. The van der Waals surface area contributed by atoms with Gasteiger partial charge in [0, 0.05) is 25.6 Å². The van der Waals surface area contributed by atoms with Crippen molar-refractivity contribution >= 4 is 12.0 Å². The minimum Gasteiger partial charge on any atom is -0.497 e. The molecule has 2 saturated heterocycles. The SMILES string of the molecule is COc1ccc(COC[C@@H](OC(=O)N2CCC3(CC2)C[C@@H](N(C)C(=O)C(C)(C)C)CO3)C(F)(F)F)cc1. The Labute approximate surface area is 216 Å². The Morgan fingerprint density at radius 3 is 2.32 bits per heavy atom. The van der Waals surface area contributed by atoms with Crippen LogP contribution in [0.15, 0.2) is 24.3 Å². The number of amides is 2. The van der Waals surface area contributed by atoms with Gasteiger partial charge < -0.3 is 28.7 Å². The number of likely N-dealkylation sites (N-methyl/N-ethyl adjacent to an activating group) is 1. The van der Waals surface area contributed by atoms with Crippen LogP contribution in [0.1, 0.15) is 45.6 Å². The van der Waals surface area contributed by atoms with Crippen LogP contribution in [0.5, 0.6) is 5.75 Å². The molecule has 11 heteroatoms. The zero-order chi connectivity index (χ0) is 27.4. The maximum absolute atomic E-state index is 13.5. The molecule has 2 aliphatic heterocycles. The Hall–Kier alpha value is -2.53. The summed E-state index contributed by atoms with van der Waals surface area (Å²) in [6, 6.07) is 6.65. The van der Waals surface area contributed by atoms with Crippen molar-refractivity contribution in [3.8, 4) is 5.75 Å². The van der Waals surface area contributed by atoms with Gasteiger partial charge in [-0.3, -0.25) is 4.79 Å². The number of alkyl halides is 3. The van der Waals surface area contributed by atoms with Crippen molar-refractivity contribution in [2.24, 2.45) is 5.41 Å². The molecule has 208 valence electrons. The van der Waals surface area contributed by atoms with Crippen LogP contribution in [0.4, 0.5) is 18.0 Å². The summed E-state index contributed by atoms with van der Waals surface area (Å²) in [5.41, 5.74) is -0.344. The van der Waals surface area contributed by atoms with Crippen LogP contribution in [0.3, 0.4) is 0 Å². The number of likely N-dealkylation sites (tertiary alicyclic amines) is 1. The lowest BCUT2D eigenvalue weighted by Gasteiger charge is -2.39. The highest BCUT2D eigenvalue weighted by atomic mass is 19.4. The van der Waals surface area contributed by atoms with Gasteiger partial charge in [0.15, 0.2) is 0 Å². The van der Waals surface area contributed by atoms with Crippen molar-refractivity contribution in [2.75, 3.05) is 40.5 Å². The average molecular weight is 531 g/mol. The van der Waals surface area contributed by atoms with Crippen LogP contribution in [0.25, 0.3) is 0 Å². The lowest BCUT2D eigenvalue weighted by Crippen LogP contribution is -2.49. The molecule has 0 bridgehead atoms. The summed E-state index contributed by atoms with van der Waals surface area (Å²) in [7, 11) is 3.28. The number of carbonyl (C=O) groups excluding carboxylic acids is 2. The third-order valence-electron chi connectivity index (χ3n) is 6.94. The second-order valence-electron chi connectivity index (χ2n) is 10.8. The van der Waals surface area contributed by atoms with E-state index in [0.29, 0.717) is 37.2 Å². The highest BCUT2D eigenvalue weighted by Gasteiger charge is 2.48. The predicted octanol–water partition coefficient (Wildman–Crippen LogP) is 4.41. The van der Waals surface area contributed by atoms with Gasteiger partial charge in [0.2, 0.25) is 12.0 Å². The van der Waals surface area contributed by atoms with Gasteiger partial charge >= 0.3 is 12.3 Å². The fourth-order valence-electron chi connectivity index (χ4n) is 4.61. The second kappa shape index (κ2) is 11.5. The van der Waals surface area contributed by atoms with Gasteiger partial charge in [-0.15, -0.1) is 0 Å².